The number of nitriles is 1. The Morgan fingerprint density at radius 1 is 1.19 bits per heavy atom. The molecule has 1 aliphatic heterocycles. The average Bonchev–Trinajstić information content (AvgIpc) is 3.54. The molecule has 5 rings (SSSR count). The van der Waals surface area contributed by atoms with Crippen molar-refractivity contribution in [1.29, 1.82) is 5.26 Å². The van der Waals surface area contributed by atoms with Gasteiger partial charge in [-0.3, -0.25) is 14.4 Å². The number of carbonyl (C=O) groups excluding carboxylic acids is 1. The van der Waals surface area contributed by atoms with Crippen molar-refractivity contribution in [3.63, 3.8) is 0 Å². The van der Waals surface area contributed by atoms with Gasteiger partial charge in [0, 0.05) is 48.5 Å². The van der Waals surface area contributed by atoms with E-state index < -0.39 is 11.4 Å². The van der Waals surface area contributed by atoms with Gasteiger partial charge in [0.2, 0.25) is 0 Å². The molecule has 1 aliphatic rings. The zero-order valence-corrected chi connectivity index (χ0v) is 20.4. The van der Waals surface area contributed by atoms with Crippen molar-refractivity contribution in [2.24, 2.45) is 0 Å². The Balaban J connectivity index is 1.32. The highest BCUT2D eigenvalue weighted by atomic mass is 16.5. The van der Waals surface area contributed by atoms with Gasteiger partial charge in [0.1, 0.15) is 16.9 Å². The monoisotopic (exact) mass is 484 g/mol. The Kier molecular flexibility index (Phi) is 6.50. The number of aromatic amines is 1. The van der Waals surface area contributed by atoms with Gasteiger partial charge in [-0.05, 0) is 38.1 Å². The van der Waals surface area contributed by atoms with Crippen LogP contribution in [0.4, 0.5) is 0 Å². The summed E-state index contributed by atoms with van der Waals surface area (Å²) < 4.78 is 7.37. The highest BCUT2D eigenvalue weighted by Gasteiger charge is 2.21. The SMILES string of the molecule is CC(C)(C#N)NC(=O)c1cccc(-c2cnc3[nH]c(-c4cnn(CCN5CCOCC5)c4)cc3c2)n1. The zero-order valence-electron chi connectivity index (χ0n) is 20.4. The van der Waals surface area contributed by atoms with Gasteiger partial charge in [-0.1, -0.05) is 6.07 Å². The first-order chi connectivity index (χ1) is 17.4. The second-order valence-electron chi connectivity index (χ2n) is 9.39. The van der Waals surface area contributed by atoms with E-state index in [0.717, 1.165) is 67.2 Å². The Bertz CT molecular complexity index is 1430. The molecule has 184 valence electrons. The molecule has 0 atom stereocenters. The zero-order chi connectivity index (χ0) is 25.1. The van der Waals surface area contributed by atoms with E-state index in [9.17, 15) is 10.1 Å². The summed E-state index contributed by atoms with van der Waals surface area (Å²) in [4.78, 5) is 27.4. The molecular formula is C26H28N8O2. The molecule has 36 heavy (non-hydrogen) atoms. The fourth-order valence-corrected chi connectivity index (χ4v) is 4.10. The normalized spacial score (nSPS) is 14.6. The van der Waals surface area contributed by atoms with Crippen molar-refractivity contribution in [3.05, 3.63) is 54.6 Å². The van der Waals surface area contributed by atoms with Gasteiger partial charge in [-0.25, -0.2) is 9.97 Å². The van der Waals surface area contributed by atoms with E-state index in [0.29, 0.717) is 5.69 Å². The first-order valence-electron chi connectivity index (χ1n) is 11.9. The maximum Gasteiger partial charge on any atom is 0.271 e. The Morgan fingerprint density at radius 2 is 2.03 bits per heavy atom. The van der Waals surface area contributed by atoms with Crippen LogP contribution in [-0.2, 0) is 11.3 Å². The van der Waals surface area contributed by atoms with Crippen molar-refractivity contribution in [2.75, 3.05) is 32.8 Å². The number of H-pyrrole nitrogens is 1. The van der Waals surface area contributed by atoms with Crippen molar-refractivity contribution >= 4 is 16.9 Å². The number of pyridine rings is 2. The minimum absolute atomic E-state index is 0.246. The third-order valence-corrected chi connectivity index (χ3v) is 6.15. The molecule has 2 N–H and O–H groups in total. The predicted octanol–water partition coefficient (Wildman–Crippen LogP) is 2.85. The van der Waals surface area contributed by atoms with Crippen molar-refractivity contribution in [1.82, 2.24) is 34.9 Å². The van der Waals surface area contributed by atoms with E-state index in [4.69, 9.17) is 4.74 Å². The van der Waals surface area contributed by atoms with Gasteiger partial charge in [0.15, 0.2) is 0 Å². The second-order valence-corrected chi connectivity index (χ2v) is 9.39. The van der Waals surface area contributed by atoms with Crippen molar-refractivity contribution in [2.45, 2.75) is 25.9 Å². The number of morpholine rings is 1. The molecule has 1 fully saturated rings. The average molecular weight is 485 g/mol. The van der Waals surface area contributed by atoms with Crippen LogP contribution < -0.4 is 5.32 Å². The van der Waals surface area contributed by atoms with Crippen LogP contribution in [0.2, 0.25) is 0 Å². The van der Waals surface area contributed by atoms with Crippen LogP contribution in [0.3, 0.4) is 0 Å². The first kappa shape index (κ1) is 23.7. The Labute approximate surface area is 208 Å². The fraction of sp³-hybridized carbons (Fsp3) is 0.346. The van der Waals surface area contributed by atoms with Crippen LogP contribution in [0.1, 0.15) is 24.3 Å². The molecule has 0 aromatic carbocycles. The number of rotatable bonds is 7. The van der Waals surface area contributed by atoms with Crippen LogP contribution in [0.15, 0.2) is 48.9 Å². The fourth-order valence-electron chi connectivity index (χ4n) is 4.10. The number of ether oxygens (including phenoxy) is 1. The number of fused-ring (bicyclic) bond motifs is 1. The molecular weight excluding hydrogens is 456 g/mol. The summed E-state index contributed by atoms with van der Waals surface area (Å²) in [5.41, 5.74) is 3.39. The minimum atomic E-state index is -0.979. The number of nitrogens with one attached hydrogen (secondary N) is 2. The van der Waals surface area contributed by atoms with Gasteiger partial charge < -0.3 is 15.0 Å². The van der Waals surface area contributed by atoms with Crippen LogP contribution in [0.25, 0.3) is 33.5 Å². The third kappa shape index (κ3) is 5.27. The standard InChI is InChI=1S/C26H28N8O2/c1-26(2,17-27)32-25(35)22-5-3-4-21(30-22)19-12-18-13-23(31-24(18)28-14-19)20-15-29-34(16-20)7-6-33-8-10-36-11-9-33/h3-5,12-16H,6-11H2,1-2H3,(H,28,31)(H,32,35). The number of hydrogen-bond donors (Lipinski definition) is 2. The summed E-state index contributed by atoms with van der Waals surface area (Å²) in [6.07, 6.45) is 5.63. The molecule has 0 radical (unpaired) electrons. The quantitative estimate of drug-likeness (QED) is 0.413. The molecule has 1 saturated heterocycles. The molecule has 4 aromatic heterocycles. The Morgan fingerprint density at radius 3 is 2.83 bits per heavy atom. The Hall–Kier alpha value is -4.07. The predicted molar refractivity (Wildman–Crippen MR) is 135 cm³/mol. The van der Waals surface area contributed by atoms with E-state index in [1.165, 1.54) is 0 Å². The molecule has 0 aliphatic carbocycles. The maximum absolute atomic E-state index is 12.6. The molecule has 0 spiro atoms. The summed E-state index contributed by atoms with van der Waals surface area (Å²) in [6, 6.07) is 11.3. The summed E-state index contributed by atoms with van der Waals surface area (Å²) in [5.74, 6) is -0.396. The third-order valence-electron chi connectivity index (χ3n) is 6.15. The van der Waals surface area contributed by atoms with Crippen LogP contribution >= 0.6 is 0 Å². The molecule has 0 bridgehead atoms. The lowest BCUT2D eigenvalue weighted by Gasteiger charge is -2.26. The van der Waals surface area contributed by atoms with Gasteiger partial charge in [0.05, 0.1) is 43.4 Å². The highest BCUT2D eigenvalue weighted by Crippen LogP contribution is 2.26. The molecule has 5 heterocycles. The largest absolute Gasteiger partial charge is 0.379 e. The summed E-state index contributed by atoms with van der Waals surface area (Å²) in [5, 5.41) is 17.3. The van der Waals surface area contributed by atoms with E-state index in [-0.39, 0.29) is 5.69 Å². The van der Waals surface area contributed by atoms with Gasteiger partial charge in [-0.15, -0.1) is 0 Å². The number of nitrogens with zero attached hydrogens (tertiary/aromatic N) is 6. The number of hydrogen-bond acceptors (Lipinski definition) is 7. The van der Waals surface area contributed by atoms with Crippen LogP contribution in [0.5, 0.6) is 0 Å². The van der Waals surface area contributed by atoms with Crippen LogP contribution in [-0.4, -0.2) is 73.9 Å². The lowest BCUT2D eigenvalue weighted by Crippen LogP contribution is -2.42. The van der Waals surface area contributed by atoms with E-state index in [1.54, 1.807) is 32.2 Å². The molecule has 10 heteroatoms. The van der Waals surface area contributed by atoms with Crippen molar-refractivity contribution < 1.29 is 9.53 Å². The molecule has 0 unspecified atom stereocenters. The lowest BCUT2D eigenvalue weighted by molar-refractivity contribution is 0.0360. The topological polar surface area (TPSA) is 125 Å². The number of aromatic nitrogens is 5. The van der Waals surface area contributed by atoms with Crippen LogP contribution in [0, 0.1) is 11.3 Å². The van der Waals surface area contributed by atoms with E-state index in [2.05, 4.69) is 36.3 Å². The van der Waals surface area contributed by atoms with Gasteiger partial charge in [-0.2, -0.15) is 10.4 Å². The van der Waals surface area contributed by atoms with Gasteiger partial charge in [0.25, 0.3) is 5.91 Å². The number of amides is 1. The van der Waals surface area contributed by atoms with E-state index in [1.807, 2.05) is 35.3 Å². The summed E-state index contributed by atoms with van der Waals surface area (Å²) in [6.45, 7) is 8.56. The summed E-state index contributed by atoms with van der Waals surface area (Å²) >= 11 is 0. The van der Waals surface area contributed by atoms with Crippen molar-refractivity contribution in [3.8, 4) is 28.6 Å². The minimum Gasteiger partial charge on any atom is -0.379 e. The molecule has 10 nitrogen and oxygen atoms in total. The molecule has 0 saturated carbocycles. The maximum atomic E-state index is 12.6. The lowest BCUT2D eigenvalue weighted by atomic mass is 10.1. The summed E-state index contributed by atoms with van der Waals surface area (Å²) in [7, 11) is 0. The smallest absolute Gasteiger partial charge is 0.271 e. The van der Waals surface area contributed by atoms with Gasteiger partial charge >= 0.3 is 0 Å². The van der Waals surface area contributed by atoms with E-state index >= 15 is 0 Å². The first-order valence-corrected chi connectivity index (χ1v) is 11.9. The second kappa shape index (κ2) is 9.89. The molecule has 1 amide bonds. The highest BCUT2D eigenvalue weighted by molar-refractivity contribution is 5.94. The molecule has 4 aromatic rings. The number of carbonyl (C=O) groups is 1.